The summed E-state index contributed by atoms with van der Waals surface area (Å²) in [6, 6.07) is 9.45. The normalized spacial score (nSPS) is 15.2. The highest BCUT2D eigenvalue weighted by Crippen LogP contribution is 2.20. The standard InChI is InChI=1S/C18H20BrN3O3/c1-12-10-16(21-25-12)20-18(24)14-6-8-22(9-7-14)17(23)11-13-2-4-15(19)5-3-13/h2-5,10,14H,6-9,11H2,1H3,(H,20,21,24). The average Bonchev–Trinajstić information content (AvgIpc) is 3.02. The van der Waals surface area contributed by atoms with Crippen LogP contribution in [-0.2, 0) is 16.0 Å². The summed E-state index contributed by atoms with van der Waals surface area (Å²) in [6.07, 6.45) is 1.71. The molecule has 1 aromatic heterocycles. The van der Waals surface area contributed by atoms with Crippen molar-refractivity contribution in [3.63, 3.8) is 0 Å². The van der Waals surface area contributed by atoms with Crippen LogP contribution in [0.3, 0.4) is 0 Å². The summed E-state index contributed by atoms with van der Waals surface area (Å²) in [5.41, 5.74) is 0.995. The summed E-state index contributed by atoms with van der Waals surface area (Å²) in [5, 5.41) is 6.54. The third-order valence-electron chi connectivity index (χ3n) is 4.37. The van der Waals surface area contributed by atoms with E-state index in [1.54, 1.807) is 13.0 Å². The highest BCUT2D eigenvalue weighted by atomic mass is 79.9. The summed E-state index contributed by atoms with van der Waals surface area (Å²) in [5.74, 6) is 1.04. The first-order chi connectivity index (χ1) is 12.0. The second-order valence-corrected chi connectivity index (χ2v) is 7.19. The molecule has 1 aliphatic rings. The zero-order valence-corrected chi connectivity index (χ0v) is 15.6. The van der Waals surface area contributed by atoms with Crippen molar-refractivity contribution in [2.75, 3.05) is 18.4 Å². The van der Waals surface area contributed by atoms with Crippen molar-refractivity contribution < 1.29 is 14.1 Å². The first kappa shape index (κ1) is 17.7. The number of hydrogen-bond acceptors (Lipinski definition) is 4. The van der Waals surface area contributed by atoms with Crippen LogP contribution in [0, 0.1) is 12.8 Å². The lowest BCUT2D eigenvalue weighted by molar-refractivity contribution is -0.133. The van der Waals surface area contributed by atoms with E-state index in [0.29, 0.717) is 43.9 Å². The second-order valence-electron chi connectivity index (χ2n) is 6.27. The van der Waals surface area contributed by atoms with E-state index in [2.05, 4.69) is 26.4 Å². The van der Waals surface area contributed by atoms with E-state index in [4.69, 9.17) is 4.52 Å². The molecule has 0 saturated carbocycles. The maximum absolute atomic E-state index is 12.4. The van der Waals surface area contributed by atoms with E-state index in [1.165, 1.54) is 0 Å². The van der Waals surface area contributed by atoms with Gasteiger partial charge >= 0.3 is 0 Å². The number of amides is 2. The largest absolute Gasteiger partial charge is 0.360 e. The Labute approximate surface area is 154 Å². The van der Waals surface area contributed by atoms with Crippen LogP contribution < -0.4 is 5.32 Å². The second kappa shape index (κ2) is 7.82. The fourth-order valence-corrected chi connectivity index (χ4v) is 3.20. The number of halogens is 1. The Morgan fingerprint density at radius 3 is 2.56 bits per heavy atom. The number of carbonyl (C=O) groups is 2. The fraction of sp³-hybridized carbons (Fsp3) is 0.389. The molecule has 0 spiro atoms. The minimum Gasteiger partial charge on any atom is -0.360 e. The van der Waals surface area contributed by atoms with Gasteiger partial charge in [0.05, 0.1) is 6.42 Å². The Balaban J connectivity index is 1.48. The van der Waals surface area contributed by atoms with E-state index < -0.39 is 0 Å². The lowest BCUT2D eigenvalue weighted by atomic mass is 9.95. The van der Waals surface area contributed by atoms with Gasteiger partial charge < -0.3 is 14.7 Å². The van der Waals surface area contributed by atoms with Gasteiger partial charge in [-0.2, -0.15) is 0 Å². The zero-order valence-electron chi connectivity index (χ0n) is 14.0. The molecule has 132 valence electrons. The van der Waals surface area contributed by atoms with Crippen LogP contribution in [-0.4, -0.2) is 35.0 Å². The summed E-state index contributed by atoms with van der Waals surface area (Å²) < 4.78 is 5.94. The van der Waals surface area contributed by atoms with Gasteiger partial charge in [-0.1, -0.05) is 33.2 Å². The third-order valence-corrected chi connectivity index (χ3v) is 4.89. The van der Waals surface area contributed by atoms with Gasteiger partial charge in [0, 0.05) is 29.5 Å². The van der Waals surface area contributed by atoms with E-state index in [9.17, 15) is 9.59 Å². The first-order valence-electron chi connectivity index (χ1n) is 8.27. The van der Waals surface area contributed by atoms with Crippen molar-refractivity contribution in [1.82, 2.24) is 10.1 Å². The van der Waals surface area contributed by atoms with Crippen molar-refractivity contribution in [3.8, 4) is 0 Å². The Morgan fingerprint density at radius 1 is 1.28 bits per heavy atom. The van der Waals surface area contributed by atoms with E-state index >= 15 is 0 Å². The molecule has 6 nitrogen and oxygen atoms in total. The molecule has 1 N–H and O–H groups in total. The van der Waals surface area contributed by atoms with Gasteiger partial charge in [-0.25, -0.2) is 0 Å². The Kier molecular flexibility index (Phi) is 5.53. The topological polar surface area (TPSA) is 75.4 Å². The number of likely N-dealkylation sites (tertiary alicyclic amines) is 1. The predicted octanol–water partition coefficient (Wildman–Crippen LogP) is 3.17. The molecule has 1 saturated heterocycles. The number of anilines is 1. The molecule has 1 aliphatic heterocycles. The van der Waals surface area contributed by atoms with Crippen LogP contribution in [0.25, 0.3) is 0 Å². The minimum absolute atomic E-state index is 0.0618. The smallest absolute Gasteiger partial charge is 0.228 e. The van der Waals surface area contributed by atoms with Crippen molar-refractivity contribution >= 4 is 33.6 Å². The zero-order chi connectivity index (χ0) is 17.8. The number of benzene rings is 1. The third kappa shape index (κ3) is 4.69. The Bertz CT molecular complexity index is 749. The Hall–Kier alpha value is -2.15. The van der Waals surface area contributed by atoms with Crippen LogP contribution in [0.2, 0.25) is 0 Å². The van der Waals surface area contributed by atoms with Crippen LogP contribution >= 0.6 is 15.9 Å². The average molecular weight is 406 g/mol. The van der Waals surface area contributed by atoms with Crippen LogP contribution in [0.5, 0.6) is 0 Å². The number of hydrogen-bond donors (Lipinski definition) is 1. The minimum atomic E-state index is -0.103. The molecule has 25 heavy (non-hydrogen) atoms. The number of aromatic nitrogens is 1. The van der Waals surface area contributed by atoms with Gasteiger partial charge in [-0.15, -0.1) is 0 Å². The van der Waals surface area contributed by atoms with E-state index in [1.807, 2.05) is 29.2 Å². The molecule has 0 aliphatic carbocycles. The molecule has 0 radical (unpaired) electrons. The first-order valence-corrected chi connectivity index (χ1v) is 9.07. The van der Waals surface area contributed by atoms with Crippen LogP contribution in [0.4, 0.5) is 5.82 Å². The number of carbonyl (C=O) groups excluding carboxylic acids is 2. The molecule has 7 heteroatoms. The molecular formula is C18H20BrN3O3. The number of nitrogens with zero attached hydrogens (tertiary/aromatic N) is 2. The van der Waals surface area contributed by atoms with Crippen molar-refractivity contribution in [2.24, 2.45) is 5.92 Å². The van der Waals surface area contributed by atoms with Gasteiger partial charge in [0.15, 0.2) is 5.82 Å². The fourth-order valence-electron chi connectivity index (χ4n) is 2.93. The highest BCUT2D eigenvalue weighted by molar-refractivity contribution is 9.10. The van der Waals surface area contributed by atoms with Gasteiger partial charge in [0.25, 0.3) is 0 Å². The van der Waals surface area contributed by atoms with Gasteiger partial charge in [0.2, 0.25) is 11.8 Å². The lowest BCUT2D eigenvalue weighted by Gasteiger charge is -2.31. The maximum atomic E-state index is 12.4. The molecule has 0 bridgehead atoms. The van der Waals surface area contributed by atoms with Crippen molar-refractivity contribution in [3.05, 3.63) is 46.1 Å². The monoisotopic (exact) mass is 405 g/mol. The lowest BCUT2D eigenvalue weighted by Crippen LogP contribution is -2.42. The number of nitrogens with one attached hydrogen (secondary N) is 1. The number of aryl methyl sites for hydroxylation is 1. The molecule has 1 fully saturated rings. The molecule has 3 rings (SSSR count). The highest BCUT2D eigenvalue weighted by Gasteiger charge is 2.27. The summed E-state index contributed by atoms with van der Waals surface area (Å²) in [7, 11) is 0. The predicted molar refractivity (Wildman–Crippen MR) is 97.0 cm³/mol. The molecule has 2 amide bonds. The molecule has 0 atom stereocenters. The van der Waals surface area contributed by atoms with E-state index in [0.717, 1.165) is 10.0 Å². The van der Waals surface area contributed by atoms with Crippen molar-refractivity contribution in [2.45, 2.75) is 26.2 Å². The Morgan fingerprint density at radius 2 is 1.96 bits per heavy atom. The van der Waals surface area contributed by atoms with Crippen LogP contribution in [0.1, 0.15) is 24.2 Å². The molecular weight excluding hydrogens is 386 g/mol. The van der Waals surface area contributed by atoms with Gasteiger partial charge in [-0.05, 0) is 37.5 Å². The SMILES string of the molecule is Cc1cc(NC(=O)C2CCN(C(=O)Cc3ccc(Br)cc3)CC2)no1. The van der Waals surface area contributed by atoms with Gasteiger partial charge in [0.1, 0.15) is 5.76 Å². The van der Waals surface area contributed by atoms with E-state index in [-0.39, 0.29) is 17.7 Å². The number of rotatable bonds is 4. The van der Waals surface area contributed by atoms with Crippen molar-refractivity contribution in [1.29, 1.82) is 0 Å². The molecule has 2 aromatic rings. The van der Waals surface area contributed by atoms with Gasteiger partial charge in [-0.3, -0.25) is 9.59 Å². The molecule has 0 unspecified atom stereocenters. The quantitative estimate of drug-likeness (QED) is 0.847. The molecule has 1 aromatic carbocycles. The maximum Gasteiger partial charge on any atom is 0.228 e. The number of piperidine rings is 1. The summed E-state index contributed by atoms with van der Waals surface area (Å²) >= 11 is 3.39. The van der Waals surface area contributed by atoms with Crippen LogP contribution in [0.15, 0.2) is 39.3 Å². The molecule has 2 heterocycles. The summed E-state index contributed by atoms with van der Waals surface area (Å²) in [4.78, 5) is 26.5. The summed E-state index contributed by atoms with van der Waals surface area (Å²) in [6.45, 7) is 2.98.